The number of fused-ring (bicyclic) bond motifs is 1. The monoisotopic (exact) mass is 590 g/mol. The highest BCUT2D eigenvalue weighted by Crippen LogP contribution is 2.41. The average Bonchev–Trinajstić information content (AvgIpc) is 3.28. The molecule has 15 nitrogen and oxygen atoms in total. The van der Waals surface area contributed by atoms with Crippen LogP contribution in [0.2, 0.25) is 0 Å². The van der Waals surface area contributed by atoms with Gasteiger partial charge in [-0.05, 0) is 5.57 Å². The number of carboxylic acid groups (broad SMARTS) is 1. The first-order valence-corrected chi connectivity index (χ1v) is 13.1. The van der Waals surface area contributed by atoms with Gasteiger partial charge in [0, 0.05) is 23.9 Å². The van der Waals surface area contributed by atoms with Crippen molar-refractivity contribution >= 4 is 63.5 Å². The summed E-state index contributed by atoms with van der Waals surface area (Å²) in [5, 5.41) is 18.2. The largest absolute Gasteiger partial charge is 0.477 e. The summed E-state index contributed by atoms with van der Waals surface area (Å²) < 4.78 is 26.3. The number of oxime groups is 1. The van der Waals surface area contributed by atoms with E-state index >= 15 is 0 Å². The fourth-order valence-corrected chi connectivity index (χ4v) is 6.39. The number of aliphatic carboxylic acids is 1. The third kappa shape index (κ3) is 5.41. The Morgan fingerprint density at radius 3 is 2.76 bits per heavy atom. The van der Waals surface area contributed by atoms with E-state index < -0.39 is 52.6 Å². The quantitative estimate of drug-likeness (QED) is 0.0908. The Morgan fingerprint density at radius 2 is 2.13 bits per heavy atom. The standard InChI is InChI=1S/C18H16F2N8O7S3/c1-27-18(24-11(30)12(31)25-27)38-3-5-2-36-14-8(13(32)28(14)9(5)15(33)34)23-10(29)7(26-35-16(19)20)6-4-37-17(21)22-6/h4,8,14,16H,2-3H2,1H3,(H2,21,22)(H,23,29)(H,25,31)(H,33,34)/b26-7+. The number of hydrogen-bond donors (Lipinski definition) is 4. The number of anilines is 1. The summed E-state index contributed by atoms with van der Waals surface area (Å²) in [6.45, 7) is -3.32. The van der Waals surface area contributed by atoms with E-state index in [2.05, 4.69) is 30.4 Å². The predicted molar refractivity (Wildman–Crippen MR) is 131 cm³/mol. The van der Waals surface area contributed by atoms with Gasteiger partial charge in [0.05, 0.1) is 0 Å². The third-order valence-corrected chi connectivity index (χ3v) is 8.19. The number of carboxylic acids is 1. The zero-order chi connectivity index (χ0) is 27.7. The summed E-state index contributed by atoms with van der Waals surface area (Å²) in [7, 11) is 1.45. The van der Waals surface area contributed by atoms with E-state index in [0.29, 0.717) is 5.57 Å². The van der Waals surface area contributed by atoms with E-state index in [1.807, 2.05) is 0 Å². The third-order valence-electron chi connectivity index (χ3n) is 5.06. The Balaban J connectivity index is 1.52. The molecule has 38 heavy (non-hydrogen) atoms. The van der Waals surface area contributed by atoms with Gasteiger partial charge in [0.15, 0.2) is 16.0 Å². The lowest BCUT2D eigenvalue weighted by Crippen LogP contribution is -2.71. The number of aromatic amines is 1. The molecule has 0 radical (unpaired) electrons. The van der Waals surface area contributed by atoms with Gasteiger partial charge in [0.2, 0.25) is 0 Å². The molecular weight excluding hydrogens is 574 g/mol. The normalized spacial score (nSPS) is 19.3. The second kappa shape index (κ2) is 10.9. The van der Waals surface area contributed by atoms with Gasteiger partial charge in [-0.1, -0.05) is 16.9 Å². The molecule has 1 fully saturated rings. The molecule has 0 aliphatic carbocycles. The van der Waals surface area contributed by atoms with Gasteiger partial charge in [-0.15, -0.1) is 23.1 Å². The highest BCUT2D eigenvalue weighted by molar-refractivity contribution is 8.01. The molecule has 2 atom stereocenters. The van der Waals surface area contributed by atoms with Crippen LogP contribution in [0.25, 0.3) is 0 Å². The minimum atomic E-state index is -3.32. The van der Waals surface area contributed by atoms with Crippen LogP contribution in [0.3, 0.4) is 0 Å². The second-order valence-corrected chi connectivity index (χ2v) is 10.4. The van der Waals surface area contributed by atoms with Crippen molar-refractivity contribution in [1.82, 2.24) is 30.0 Å². The van der Waals surface area contributed by atoms with Crippen molar-refractivity contribution in [2.75, 3.05) is 17.2 Å². The maximum atomic E-state index is 12.9. The molecule has 2 aromatic heterocycles. The number of hydrogen-bond acceptors (Lipinski definition) is 13. The number of nitrogens with zero attached hydrogens (tertiary/aromatic N) is 5. The number of nitrogen functional groups attached to an aromatic ring is 1. The molecule has 1 saturated heterocycles. The Bertz CT molecular complexity index is 1490. The Labute approximate surface area is 222 Å². The van der Waals surface area contributed by atoms with Crippen molar-refractivity contribution in [3.05, 3.63) is 43.1 Å². The van der Waals surface area contributed by atoms with Crippen molar-refractivity contribution in [3.63, 3.8) is 0 Å². The summed E-state index contributed by atoms with van der Waals surface area (Å²) >= 11 is 3.06. The number of rotatable bonds is 9. The summed E-state index contributed by atoms with van der Waals surface area (Å²) in [6, 6.07) is -1.19. The van der Waals surface area contributed by atoms with E-state index in [1.54, 1.807) is 0 Å². The molecule has 0 saturated carbocycles. The number of aromatic nitrogens is 4. The number of H-pyrrole nitrogens is 1. The van der Waals surface area contributed by atoms with Gasteiger partial charge in [-0.2, -0.15) is 13.8 Å². The highest BCUT2D eigenvalue weighted by atomic mass is 32.2. The van der Waals surface area contributed by atoms with Crippen LogP contribution in [-0.4, -0.2) is 82.8 Å². The van der Waals surface area contributed by atoms with Crippen LogP contribution < -0.4 is 22.2 Å². The number of halogens is 2. The van der Waals surface area contributed by atoms with Gasteiger partial charge in [-0.3, -0.25) is 33.9 Å². The lowest BCUT2D eigenvalue weighted by molar-refractivity contribution is -0.150. The molecular formula is C18H16F2N8O7S3. The number of carbonyl (C=O) groups excluding carboxylic acids is 2. The number of β-lactam (4-membered cyclic amide) rings is 1. The van der Waals surface area contributed by atoms with E-state index in [0.717, 1.165) is 39.8 Å². The molecule has 202 valence electrons. The molecule has 4 heterocycles. The molecule has 0 bridgehead atoms. The summed E-state index contributed by atoms with van der Waals surface area (Å²) in [5.41, 5.74) is 2.86. The maximum absolute atomic E-state index is 12.9. The Hall–Kier alpha value is -3.78. The molecule has 5 N–H and O–H groups in total. The first-order valence-electron chi connectivity index (χ1n) is 10.2. The van der Waals surface area contributed by atoms with Gasteiger partial charge in [0.25, 0.3) is 11.8 Å². The SMILES string of the molecule is Cn1[nH]c(=O)c(=O)nc1SCC1=C(C(=O)O)N2C(=O)C(NC(=O)/C(=N/OC(F)F)c3csc(N)n3)C2SC1. The lowest BCUT2D eigenvalue weighted by Gasteiger charge is -2.49. The molecule has 2 amide bonds. The average molecular weight is 591 g/mol. The van der Waals surface area contributed by atoms with Crippen molar-refractivity contribution in [2.45, 2.75) is 23.2 Å². The summed E-state index contributed by atoms with van der Waals surface area (Å²) in [5.74, 6) is -3.02. The summed E-state index contributed by atoms with van der Waals surface area (Å²) in [6.07, 6.45) is 0. The predicted octanol–water partition coefficient (Wildman–Crippen LogP) is -1.02. The Kier molecular flexibility index (Phi) is 7.83. The maximum Gasteiger partial charge on any atom is 0.407 e. The van der Waals surface area contributed by atoms with Crippen LogP contribution in [0, 0.1) is 0 Å². The van der Waals surface area contributed by atoms with Crippen LogP contribution in [0.5, 0.6) is 0 Å². The first kappa shape index (κ1) is 27.3. The first-order chi connectivity index (χ1) is 18.0. The van der Waals surface area contributed by atoms with Crippen molar-refractivity contribution in [1.29, 1.82) is 0 Å². The number of thiazole rings is 1. The van der Waals surface area contributed by atoms with Gasteiger partial charge >= 0.3 is 23.7 Å². The fraction of sp³-hybridized carbons (Fsp3) is 0.333. The minimum absolute atomic E-state index is 0.0293. The highest BCUT2D eigenvalue weighted by Gasteiger charge is 2.54. The number of carbonyl (C=O) groups is 3. The number of thioether (sulfide) groups is 2. The van der Waals surface area contributed by atoms with Crippen LogP contribution in [0.4, 0.5) is 13.9 Å². The van der Waals surface area contributed by atoms with E-state index in [4.69, 9.17) is 5.73 Å². The number of aryl methyl sites for hydroxylation is 1. The fourth-order valence-electron chi connectivity index (χ4n) is 3.44. The molecule has 2 aromatic rings. The molecule has 2 unspecified atom stereocenters. The zero-order valence-electron chi connectivity index (χ0n) is 18.9. The molecule has 0 aromatic carbocycles. The smallest absolute Gasteiger partial charge is 0.407 e. The second-order valence-electron chi connectivity index (χ2n) is 7.48. The summed E-state index contributed by atoms with van der Waals surface area (Å²) in [4.78, 5) is 73.0. The van der Waals surface area contributed by atoms with Gasteiger partial charge in [0.1, 0.15) is 22.8 Å². The molecule has 0 spiro atoms. The van der Waals surface area contributed by atoms with Crippen molar-refractivity contribution < 1.29 is 33.1 Å². The number of nitrogens with one attached hydrogen (secondary N) is 2. The number of nitrogens with two attached hydrogens (primary N) is 1. The number of alkyl halides is 2. The van der Waals surface area contributed by atoms with Crippen LogP contribution in [-0.2, 0) is 26.3 Å². The molecule has 4 rings (SSSR count). The van der Waals surface area contributed by atoms with E-state index in [9.17, 15) is 37.9 Å². The van der Waals surface area contributed by atoms with Crippen LogP contribution in [0.15, 0.2) is 36.6 Å². The topological polar surface area (TPSA) is 215 Å². The van der Waals surface area contributed by atoms with Crippen molar-refractivity contribution in [3.8, 4) is 0 Å². The van der Waals surface area contributed by atoms with Crippen LogP contribution in [0.1, 0.15) is 5.69 Å². The lowest BCUT2D eigenvalue weighted by atomic mass is 10.0. The molecule has 2 aliphatic rings. The minimum Gasteiger partial charge on any atom is -0.477 e. The molecule has 2 aliphatic heterocycles. The Morgan fingerprint density at radius 1 is 1.39 bits per heavy atom. The van der Waals surface area contributed by atoms with Crippen molar-refractivity contribution in [2.24, 2.45) is 12.2 Å². The van der Waals surface area contributed by atoms with Gasteiger partial charge in [-0.25, -0.2) is 9.78 Å². The number of amides is 2. The molecule has 20 heteroatoms. The van der Waals surface area contributed by atoms with E-state index in [-0.39, 0.29) is 33.2 Å². The van der Waals surface area contributed by atoms with Crippen LogP contribution >= 0.6 is 34.9 Å². The van der Waals surface area contributed by atoms with E-state index in [1.165, 1.54) is 17.1 Å². The zero-order valence-corrected chi connectivity index (χ0v) is 21.4. The van der Waals surface area contributed by atoms with Gasteiger partial charge < -0.3 is 21.0 Å².